The Hall–Kier alpha value is -0.860. The topological polar surface area (TPSA) is 60.4 Å². The molecule has 0 heterocycles. The highest BCUT2D eigenvalue weighted by Gasteiger charge is 2.56. The van der Waals surface area contributed by atoms with Gasteiger partial charge in [-0.2, -0.15) is 17.2 Å². The van der Waals surface area contributed by atoms with Crippen LogP contribution in [-0.2, 0) is 20.0 Å². The Kier molecular flexibility index (Phi) is 2.44. The van der Waals surface area contributed by atoms with Gasteiger partial charge in [0.05, 0.1) is 0 Å². The van der Waals surface area contributed by atoms with Crippen LogP contribution in [0.1, 0.15) is 0 Å². The van der Waals surface area contributed by atoms with E-state index in [2.05, 4.69) is 0 Å². The van der Waals surface area contributed by atoms with Crippen molar-refractivity contribution < 1.29 is 35.3 Å². The summed E-state index contributed by atoms with van der Waals surface area (Å²) < 4.78 is 64.0. The van der Waals surface area contributed by atoms with Crippen LogP contribution < -0.4 is 0 Å². The summed E-state index contributed by atoms with van der Waals surface area (Å²) in [6.45, 7) is 0. The molecule has 4 nitrogen and oxygen atoms in total. The molecule has 0 saturated carbocycles. The molecule has 0 saturated heterocycles. The lowest BCUT2D eigenvalue weighted by Crippen LogP contribution is -2.35. The van der Waals surface area contributed by atoms with Crippen LogP contribution in [0.3, 0.4) is 0 Å². The molecule has 11 heavy (non-hydrogen) atoms. The minimum atomic E-state index is -6.46. The predicted molar refractivity (Wildman–Crippen MR) is 22.2 cm³/mol. The lowest BCUT2D eigenvalue weighted by atomic mass is 10.7. The highest BCUT2D eigenvalue weighted by molar-refractivity contribution is 7.88. The average molecular weight is 196 g/mol. The summed E-state index contributed by atoms with van der Waals surface area (Å²) in [4.78, 5) is 11.3. The zero-order valence-electron chi connectivity index (χ0n) is 4.55. The van der Waals surface area contributed by atoms with Gasteiger partial charge in [0.2, 0.25) is 0 Å². The standard InChI is InChI=1S/C2F4O4S/c3-2(4,1(7)10-5)11(6,8)9. The summed E-state index contributed by atoms with van der Waals surface area (Å²) in [5, 5.41) is -5.48. The summed E-state index contributed by atoms with van der Waals surface area (Å²) in [6.07, 6.45) is 0. The second kappa shape index (κ2) is 2.64. The van der Waals surface area contributed by atoms with Crippen molar-refractivity contribution in [2.75, 3.05) is 0 Å². The fourth-order valence-electron chi connectivity index (χ4n) is 0.144. The third-order valence-corrected chi connectivity index (χ3v) is 1.39. The zero-order chi connectivity index (χ0) is 9.28. The van der Waals surface area contributed by atoms with E-state index in [0.717, 1.165) is 0 Å². The summed E-state index contributed by atoms with van der Waals surface area (Å²) >= 11 is 0. The highest BCUT2D eigenvalue weighted by Crippen LogP contribution is 2.24. The van der Waals surface area contributed by atoms with E-state index in [4.69, 9.17) is 0 Å². The number of halogens is 4. The van der Waals surface area contributed by atoms with Crippen LogP contribution in [-0.4, -0.2) is 19.6 Å². The Bertz CT molecular complexity index is 255. The molecule has 0 bridgehead atoms. The molecule has 0 aliphatic rings. The van der Waals surface area contributed by atoms with E-state index >= 15 is 0 Å². The number of alkyl halides is 2. The van der Waals surface area contributed by atoms with Gasteiger partial charge in [-0.3, -0.25) is 0 Å². The van der Waals surface area contributed by atoms with E-state index in [1.165, 1.54) is 0 Å². The molecule has 0 aliphatic carbocycles. The molecule has 0 aliphatic heterocycles. The van der Waals surface area contributed by atoms with Crippen molar-refractivity contribution >= 4 is 16.2 Å². The first-order valence-electron chi connectivity index (χ1n) is 1.88. The molecule has 0 amide bonds. The highest BCUT2D eigenvalue weighted by atomic mass is 32.3. The molecular weight excluding hydrogens is 196 g/mol. The Labute approximate surface area is 57.9 Å². The van der Waals surface area contributed by atoms with Gasteiger partial charge in [-0.15, -0.1) is 0 Å². The van der Waals surface area contributed by atoms with Gasteiger partial charge in [-0.1, -0.05) is 3.89 Å². The molecule has 0 aromatic heterocycles. The van der Waals surface area contributed by atoms with E-state index in [0.29, 0.717) is 0 Å². The predicted octanol–water partition coefficient (Wildman–Crippen LogP) is 0.306. The number of hydrogen-bond acceptors (Lipinski definition) is 4. The molecule has 0 rings (SSSR count). The lowest BCUT2D eigenvalue weighted by Gasteiger charge is -2.03. The van der Waals surface area contributed by atoms with E-state index in [9.17, 15) is 30.4 Å². The Morgan fingerprint density at radius 3 is 1.82 bits per heavy atom. The minimum Gasteiger partial charge on any atom is -0.246 e. The van der Waals surface area contributed by atoms with Crippen molar-refractivity contribution in [3.05, 3.63) is 0 Å². The second-order valence-corrected chi connectivity index (χ2v) is 2.71. The van der Waals surface area contributed by atoms with Crippen molar-refractivity contribution in [1.29, 1.82) is 0 Å². The molecule has 0 aromatic rings. The summed E-state index contributed by atoms with van der Waals surface area (Å²) in [6, 6.07) is 0. The normalized spacial score (nSPS) is 12.7. The van der Waals surface area contributed by atoms with Gasteiger partial charge in [0.15, 0.2) is 0 Å². The van der Waals surface area contributed by atoms with Crippen LogP contribution in [0.25, 0.3) is 0 Å². The first-order chi connectivity index (χ1) is 4.73. The summed E-state index contributed by atoms with van der Waals surface area (Å²) in [5.41, 5.74) is 0. The van der Waals surface area contributed by atoms with Crippen LogP contribution in [0, 0.1) is 0 Å². The molecule has 0 atom stereocenters. The van der Waals surface area contributed by atoms with E-state index in [1.807, 2.05) is 4.94 Å². The zero-order valence-corrected chi connectivity index (χ0v) is 5.37. The fraction of sp³-hybridized carbons (Fsp3) is 0.500. The van der Waals surface area contributed by atoms with E-state index in [1.54, 1.807) is 0 Å². The van der Waals surface area contributed by atoms with Crippen molar-refractivity contribution in [3.63, 3.8) is 0 Å². The first kappa shape index (κ1) is 10.1. The van der Waals surface area contributed by atoms with Gasteiger partial charge < -0.3 is 0 Å². The molecule has 0 N–H and O–H groups in total. The van der Waals surface area contributed by atoms with E-state index in [-0.39, 0.29) is 0 Å². The van der Waals surface area contributed by atoms with Gasteiger partial charge in [-0.25, -0.2) is 9.74 Å². The molecule has 0 radical (unpaired) electrons. The quantitative estimate of drug-likeness (QED) is 0.471. The Morgan fingerprint density at radius 2 is 1.73 bits per heavy atom. The smallest absolute Gasteiger partial charge is 0.246 e. The molecule has 0 unspecified atom stereocenters. The lowest BCUT2D eigenvalue weighted by molar-refractivity contribution is -0.201. The van der Waals surface area contributed by atoms with Gasteiger partial charge in [0.25, 0.3) is 0 Å². The number of rotatable bonds is 2. The second-order valence-electron chi connectivity index (χ2n) is 1.32. The molecule has 0 fully saturated rings. The van der Waals surface area contributed by atoms with Crippen molar-refractivity contribution in [1.82, 2.24) is 0 Å². The van der Waals surface area contributed by atoms with Gasteiger partial charge in [-0.05, 0) is 0 Å². The average Bonchev–Trinajstić information content (AvgIpc) is 1.83. The fourth-order valence-corrected chi connectivity index (χ4v) is 0.375. The van der Waals surface area contributed by atoms with Crippen LogP contribution in [0.2, 0.25) is 0 Å². The summed E-state index contributed by atoms with van der Waals surface area (Å²) in [5.74, 6) is -3.11. The van der Waals surface area contributed by atoms with Crippen molar-refractivity contribution in [2.45, 2.75) is 5.25 Å². The van der Waals surface area contributed by atoms with Gasteiger partial charge in [0.1, 0.15) is 0 Å². The van der Waals surface area contributed by atoms with Crippen molar-refractivity contribution in [3.8, 4) is 0 Å². The Balaban J connectivity index is 4.90. The van der Waals surface area contributed by atoms with Crippen molar-refractivity contribution in [2.24, 2.45) is 0 Å². The maximum absolute atomic E-state index is 11.6. The third-order valence-electron chi connectivity index (χ3n) is 0.614. The minimum absolute atomic E-state index is 1.83. The molecular formula is C2F4O4S. The largest absolute Gasteiger partial charge is 0.474 e. The third kappa shape index (κ3) is 1.79. The maximum Gasteiger partial charge on any atom is 0.474 e. The molecule has 0 aromatic carbocycles. The summed E-state index contributed by atoms with van der Waals surface area (Å²) in [7, 11) is -6.46. The molecule has 9 heteroatoms. The molecule has 0 spiro atoms. The SMILES string of the molecule is O=C(OF)C(F)(F)S(=O)(=O)F. The molecule has 66 valence electrons. The van der Waals surface area contributed by atoms with Gasteiger partial charge in [0, 0.05) is 4.53 Å². The Morgan fingerprint density at radius 1 is 1.36 bits per heavy atom. The van der Waals surface area contributed by atoms with Gasteiger partial charge >= 0.3 is 21.4 Å². The first-order valence-corrected chi connectivity index (χ1v) is 3.27. The monoisotopic (exact) mass is 196 g/mol. The van der Waals surface area contributed by atoms with Crippen LogP contribution in [0.15, 0.2) is 0 Å². The van der Waals surface area contributed by atoms with Crippen LogP contribution in [0.5, 0.6) is 0 Å². The number of hydrogen-bond donors (Lipinski definition) is 0. The number of carbonyl (C=O) groups excluding carboxylic acids is 1. The maximum atomic E-state index is 11.6. The van der Waals surface area contributed by atoms with Crippen LogP contribution in [0.4, 0.5) is 17.2 Å². The number of carbonyl (C=O) groups is 1. The van der Waals surface area contributed by atoms with E-state index < -0.39 is 21.4 Å². The van der Waals surface area contributed by atoms with Crippen LogP contribution >= 0.6 is 0 Å².